The van der Waals surface area contributed by atoms with Crippen LogP contribution >= 0.6 is 0 Å². The molecule has 0 N–H and O–H groups in total. The molecule has 0 aromatic heterocycles. The Morgan fingerprint density at radius 3 is 2.85 bits per heavy atom. The maximum absolute atomic E-state index is 5.68. The van der Waals surface area contributed by atoms with Gasteiger partial charge in [-0.25, -0.2) is 0 Å². The van der Waals surface area contributed by atoms with Gasteiger partial charge in [0, 0.05) is 6.42 Å². The van der Waals surface area contributed by atoms with Gasteiger partial charge in [0.1, 0.15) is 0 Å². The zero-order chi connectivity index (χ0) is 9.68. The summed E-state index contributed by atoms with van der Waals surface area (Å²) in [6, 6.07) is 0. The summed E-state index contributed by atoms with van der Waals surface area (Å²) >= 11 is 0. The van der Waals surface area contributed by atoms with Crippen LogP contribution in [0.2, 0.25) is 0 Å². The molecule has 1 aliphatic rings. The van der Waals surface area contributed by atoms with E-state index in [1.165, 1.54) is 17.8 Å². The molecule has 1 nitrogen and oxygen atoms in total. The maximum atomic E-state index is 5.68. The van der Waals surface area contributed by atoms with Crippen LogP contribution in [0.3, 0.4) is 0 Å². The minimum Gasteiger partial charge on any atom is -0.497 e. The average molecular weight is 180 g/mol. The predicted molar refractivity (Wildman–Crippen MR) is 56.5 cm³/mol. The molecule has 0 radical (unpaired) electrons. The van der Waals surface area contributed by atoms with Crippen molar-refractivity contribution < 1.29 is 4.74 Å². The molecule has 0 amide bonds. The molecule has 1 aliphatic heterocycles. The van der Waals surface area contributed by atoms with Gasteiger partial charge in [-0.1, -0.05) is 32.9 Å². The molecule has 1 rings (SSSR count). The van der Waals surface area contributed by atoms with Crippen LogP contribution < -0.4 is 0 Å². The van der Waals surface area contributed by atoms with Crippen LogP contribution in [0.25, 0.3) is 0 Å². The van der Waals surface area contributed by atoms with Crippen LogP contribution in [0.5, 0.6) is 0 Å². The molecule has 0 aliphatic carbocycles. The lowest BCUT2D eigenvalue weighted by atomic mass is 9.97. The fourth-order valence-corrected chi connectivity index (χ4v) is 1.63. The van der Waals surface area contributed by atoms with E-state index in [1.807, 2.05) is 0 Å². The molecule has 0 fully saturated rings. The van der Waals surface area contributed by atoms with Gasteiger partial charge in [-0.2, -0.15) is 0 Å². The van der Waals surface area contributed by atoms with Crippen molar-refractivity contribution in [3.63, 3.8) is 0 Å². The zero-order valence-corrected chi connectivity index (χ0v) is 8.97. The first-order valence-electron chi connectivity index (χ1n) is 5.29. The summed E-state index contributed by atoms with van der Waals surface area (Å²) in [7, 11) is 0. The zero-order valence-electron chi connectivity index (χ0n) is 8.97. The number of allylic oxidation sites excluding steroid dienone is 4. The van der Waals surface area contributed by atoms with E-state index in [4.69, 9.17) is 4.74 Å². The molecular formula is C12H20O. The summed E-state index contributed by atoms with van der Waals surface area (Å²) in [6.07, 6.45) is 7.76. The minimum atomic E-state index is 0.673. The first kappa shape index (κ1) is 10.4. The molecule has 0 saturated carbocycles. The van der Waals surface area contributed by atoms with Gasteiger partial charge in [-0.05, 0) is 24.3 Å². The van der Waals surface area contributed by atoms with Crippen LogP contribution in [0.1, 0.15) is 40.0 Å². The third-order valence-corrected chi connectivity index (χ3v) is 2.34. The third kappa shape index (κ3) is 2.91. The fraction of sp³-hybridized carbons (Fsp3) is 0.667. The van der Waals surface area contributed by atoms with E-state index < -0.39 is 0 Å². The molecule has 1 heterocycles. The molecule has 13 heavy (non-hydrogen) atoms. The van der Waals surface area contributed by atoms with Crippen LogP contribution in [0.4, 0.5) is 0 Å². The SMILES string of the molecule is CC/C=C\C1=C(CC)OCC(C)C1. The molecule has 0 bridgehead atoms. The topological polar surface area (TPSA) is 9.23 Å². The lowest BCUT2D eigenvalue weighted by molar-refractivity contribution is 0.144. The predicted octanol–water partition coefficient (Wildman–Crippen LogP) is 3.67. The van der Waals surface area contributed by atoms with Crippen molar-refractivity contribution >= 4 is 0 Å². The van der Waals surface area contributed by atoms with E-state index in [-0.39, 0.29) is 0 Å². The Morgan fingerprint density at radius 1 is 1.46 bits per heavy atom. The molecule has 0 aromatic carbocycles. The largest absolute Gasteiger partial charge is 0.497 e. The second-order valence-electron chi connectivity index (χ2n) is 3.73. The van der Waals surface area contributed by atoms with Gasteiger partial charge in [0.25, 0.3) is 0 Å². The van der Waals surface area contributed by atoms with Gasteiger partial charge < -0.3 is 4.74 Å². The smallest absolute Gasteiger partial charge is 0.0988 e. The number of hydrogen-bond donors (Lipinski definition) is 0. The van der Waals surface area contributed by atoms with Gasteiger partial charge in [-0.3, -0.25) is 0 Å². The lowest BCUT2D eigenvalue weighted by Gasteiger charge is -2.23. The highest BCUT2D eigenvalue weighted by Gasteiger charge is 2.15. The molecule has 74 valence electrons. The average Bonchev–Trinajstić information content (AvgIpc) is 2.15. The van der Waals surface area contributed by atoms with E-state index in [9.17, 15) is 0 Å². The van der Waals surface area contributed by atoms with E-state index >= 15 is 0 Å². The van der Waals surface area contributed by atoms with Crippen molar-refractivity contribution in [3.8, 4) is 0 Å². The highest BCUT2D eigenvalue weighted by Crippen LogP contribution is 2.26. The Hall–Kier alpha value is -0.720. The number of rotatable bonds is 3. The second kappa shape index (κ2) is 5.11. The van der Waals surface area contributed by atoms with Gasteiger partial charge in [0.2, 0.25) is 0 Å². The molecule has 1 unspecified atom stereocenters. The minimum absolute atomic E-state index is 0.673. The van der Waals surface area contributed by atoms with E-state index in [1.54, 1.807) is 0 Å². The van der Waals surface area contributed by atoms with Crippen molar-refractivity contribution in [2.75, 3.05) is 6.61 Å². The molecule has 0 spiro atoms. The molecular weight excluding hydrogens is 160 g/mol. The maximum Gasteiger partial charge on any atom is 0.0988 e. The summed E-state index contributed by atoms with van der Waals surface area (Å²) in [5.41, 5.74) is 1.41. The summed E-state index contributed by atoms with van der Waals surface area (Å²) in [5.74, 6) is 1.87. The molecule has 0 saturated heterocycles. The third-order valence-electron chi connectivity index (χ3n) is 2.34. The molecule has 1 atom stereocenters. The quantitative estimate of drug-likeness (QED) is 0.644. The second-order valence-corrected chi connectivity index (χ2v) is 3.73. The van der Waals surface area contributed by atoms with E-state index in [0.717, 1.165) is 19.4 Å². The van der Waals surface area contributed by atoms with Crippen molar-refractivity contribution in [2.45, 2.75) is 40.0 Å². The summed E-state index contributed by atoms with van der Waals surface area (Å²) in [4.78, 5) is 0. The van der Waals surface area contributed by atoms with Crippen molar-refractivity contribution in [3.05, 3.63) is 23.5 Å². The van der Waals surface area contributed by atoms with Crippen LogP contribution in [-0.2, 0) is 4.74 Å². The standard InChI is InChI=1S/C12H20O/c1-4-6-7-11-8-10(3)9-13-12(11)5-2/h6-7,10H,4-5,8-9H2,1-3H3/b7-6-. The molecule has 0 aromatic rings. The normalized spacial score (nSPS) is 23.8. The summed E-state index contributed by atoms with van der Waals surface area (Å²) < 4.78 is 5.68. The van der Waals surface area contributed by atoms with Gasteiger partial charge >= 0.3 is 0 Å². The fourth-order valence-electron chi connectivity index (χ4n) is 1.63. The first-order chi connectivity index (χ1) is 6.27. The highest BCUT2D eigenvalue weighted by molar-refractivity contribution is 5.24. The Balaban J connectivity index is 2.72. The lowest BCUT2D eigenvalue weighted by Crippen LogP contribution is -2.14. The van der Waals surface area contributed by atoms with Crippen LogP contribution in [0, 0.1) is 5.92 Å². The van der Waals surface area contributed by atoms with Crippen molar-refractivity contribution in [1.29, 1.82) is 0 Å². The highest BCUT2D eigenvalue weighted by atomic mass is 16.5. The monoisotopic (exact) mass is 180 g/mol. The van der Waals surface area contributed by atoms with Gasteiger partial charge in [-0.15, -0.1) is 0 Å². The van der Waals surface area contributed by atoms with E-state index in [0.29, 0.717) is 5.92 Å². The van der Waals surface area contributed by atoms with Crippen LogP contribution in [0.15, 0.2) is 23.5 Å². The van der Waals surface area contributed by atoms with E-state index in [2.05, 4.69) is 32.9 Å². The Kier molecular flexibility index (Phi) is 4.07. The first-order valence-corrected chi connectivity index (χ1v) is 5.29. The van der Waals surface area contributed by atoms with Crippen molar-refractivity contribution in [2.24, 2.45) is 5.92 Å². The van der Waals surface area contributed by atoms with Crippen molar-refractivity contribution in [1.82, 2.24) is 0 Å². The Labute approximate surface area is 81.5 Å². The summed E-state index contributed by atoms with van der Waals surface area (Å²) in [6.45, 7) is 7.46. The number of ether oxygens (including phenoxy) is 1. The number of hydrogen-bond acceptors (Lipinski definition) is 1. The van der Waals surface area contributed by atoms with Gasteiger partial charge in [0.15, 0.2) is 0 Å². The van der Waals surface area contributed by atoms with Crippen LogP contribution in [-0.4, -0.2) is 6.61 Å². The van der Waals surface area contributed by atoms with Gasteiger partial charge in [0.05, 0.1) is 12.4 Å². The Bertz CT molecular complexity index is 213. The molecule has 1 heteroatoms. The summed E-state index contributed by atoms with van der Waals surface area (Å²) in [5, 5.41) is 0. The Morgan fingerprint density at radius 2 is 2.23 bits per heavy atom.